The largest absolute Gasteiger partial charge is 0.493 e. The van der Waals surface area contributed by atoms with Crippen molar-refractivity contribution in [2.24, 2.45) is 0 Å². The summed E-state index contributed by atoms with van der Waals surface area (Å²) >= 11 is 0. The number of fused-ring (bicyclic) bond motifs is 1. The van der Waals surface area contributed by atoms with Gasteiger partial charge in [-0.1, -0.05) is 30.3 Å². The first-order valence-electron chi connectivity index (χ1n) is 7.16. The Hall–Kier alpha value is -2.49. The number of anilines is 1. The summed E-state index contributed by atoms with van der Waals surface area (Å²) in [5, 5.41) is 5.72. The molecule has 0 atom stereocenters. The molecule has 0 bridgehead atoms. The first-order chi connectivity index (χ1) is 10.3. The average molecular weight is 282 g/mol. The molecule has 2 aromatic rings. The zero-order chi connectivity index (χ0) is 14.5. The minimum atomic E-state index is -0.176. The van der Waals surface area contributed by atoms with Crippen molar-refractivity contribution in [2.45, 2.75) is 12.8 Å². The molecule has 2 N–H and O–H groups in total. The zero-order valence-corrected chi connectivity index (χ0v) is 11.8. The highest BCUT2D eigenvalue weighted by Gasteiger charge is 2.12. The Morgan fingerprint density at radius 1 is 1.14 bits per heavy atom. The monoisotopic (exact) mass is 282 g/mol. The Kier molecular flexibility index (Phi) is 4.05. The number of ether oxygens (including phenoxy) is 1. The molecule has 1 heterocycles. The third-order valence-corrected chi connectivity index (χ3v) is 3.49. The summed E-state index contributed by atoms with van der Waals surface area (Å²) in [7, 11) is 0. The fraction of sp³-hybridized carbons (Fsp3) is 0.235. The van der Waals surface area contributed by atoms with E-state index in [0.29, 0.717) is 6.54 Å². The molecule has 2 aromatic carbocycles. The third-order valence-electron chi connectivity index (χ3n) is 3.49. The molecular formula is C17H18N2O2. The van der Waals surface area contributed by atoms with Gasteiger partial charge in [0.15, 0.2) is 0 Å². The number of hydrogen-bond acceptors (Lipinski definition) is 2. The van der Waals surface area contributed by atoms with Crippen molar-refractivity contribution in [1.82, 2.24) is 5.32 Å². The quantitative estimate of drug-likeness (QED) is 0.905. The van der Waals surface area contributed by atoms with E-state index in [1.807, 2.05) is 36.4 Å². The predicted molar refractivity (Wildman–Crippen MR) is 82.8 cm³/mol. The number of carbonyl (C=O) groups is 1. The molecule has 4 nitrogen and oxygen atoms in total. The van der Waals surface area contributed by atoms with E-state index in [9.17, 15) is 4.79 Å². The van der Waals surface area contributed by atoms with Crippen LogP contribution in [0.5, 0.6) is 5.75 Å². The number of hydrogen-bond donors (Lipinski definition) is 2. The molecular weight excluding hydrogens is 264 g/mol. The van der Waals surface area contributed by atoms with Crippen LogP contribution in [0.15, 0.2) is 48.5 Å². The standard InChI is InChI=1S/C17H18N2O2/c20-17(18-10-8-13-4-2-1-3-5-13)19-15-6-7-16-14(12-15)9-11-21-16/h1-7,12H,8-11H2,(H2,18,19,20). The normalized spacial score (nSPS) is 12.4. The molecule has 0 saturated carbocycles. The van der Waals surface area contributed by atoms with Gasteiger partial charge in [0.25, 0.3) is 0 Å². The minimum absolute atomic E-state index is 0.176. The van der Waals surface area contributed by atoms with Crippen molar-refractivity contribution in [3.63, 3.8) is 0 Å². The van der Waals surface area contributed by atoms with E-state index in [4.69, 9.17) is 4.74 Å². The highest BCUT2D eigenvalue weighted by Crippen LogP contribution is 2.27. The maximum absolute atomic E-state index is 11.8. The van der Waals surface area contributed by atoms with E-state index >= 15 is 0 Å². The Morgan fingerprint density at radius 2 is 2.00 bits per heavy atom. The molecule has 21 heavy (non-hydrogen) atoms. The van der Waals surface area contributed by atoms with Gasteiger partial charge in [-0.25, -0.2) is 4.79 Å². The number of urea groups is 1. The smallest absolute Gasteiger partial charge is 0.319 e. The topological polar surface area (TPSA) is 50.4 Å². The van der Waals surface area contributed by atoms with E-state index in [1.54, 1.807) is 0 Å². The maximum atomic E-state index is 11.8. The summed E-state index contributed by atoms with van der Waals surface area (Å²) in [6.45, 7) is 1.34. The number of carbonyl (C=O) groups excluding carboxylic acids is 1. The van der Waals surface area contributed by atoms with E-state index < -0.39 is 0 Å². The summed E-state index contributed by atoms with van der Waals surface area (Å²) in [6, 6.07) is 15.7. The van der Waals surface area contributed by atoms with Crippen LogP contribution >= 0.6 is 0 Å². The van der Waals surface area contributed by atoms with Crippen LogP contribution in [0.4, 0.5) is 10.5 Å². The highest BCUT2D eigenvalue weighted by molar-refractivity contribution is 5.89. The van der Waals surface area contributed by atoms with Crippen molar-refractivity contribution in [3.8, 4) is 5.75 Å². The van der Waals surface area contributed by atoms with Crippen molar-refractivity contribution in [2.75, 3.05) is 18.5 Å². The molecule has 1 aliphatic rings. The van der Waals surface area contributed by atoms with Crippen LogP contribution in [0.1, 0.15) is 11.1 Å². The van der Waals surface area contributed by atoms with Crippen molar-refractivity contribution in [3.05, 3.63) is 59.7 Å². The van der Waals surface area contributed by atoms with E-state index in [1.165, 1.54) is 5.56 Å². The molecule has 0 unspecified atom stereocenters. The summed E-state index contributed by atoms with van der Waals surface area (Å²) in [6.07, 6.45) is 1.73. The van der Waals surface area contributed by atoms with Gasteiger partial charge in [-0.3, -0.25) is 0 Å². The van der Waals surface area contributed by atoms with E-state index in [0.717, 1.165) is 36.4 Å². The van der Waals surface area contributed by atoms with Crippen LogP contribution in [-0.2, 0) is 12.8 Å². The first kappa shape index (κ1) is 13.5. The second-order valence-corrected chi connectivity index (χ2v) is 5.04. The molecule has 108 valence electrons. The fourth-order valence-electron chi connectivity index (χ4n) is 2.40. The van der Waals surface area contributed by atoms with Gasteiger partial charge in [-0.05, 0) is 35.7 Å². The molecule has 1 aliphatic heterocycles. The minimum Gasteiger partial charge on any atom is -0.493 e. The summed E-state index contributed by atoms with van der Waals surface area (Å²) in [5.41, 5.74) is 3.17. The number of rotatable bonds is 4. The van der Waals surface area contributed by atoms with Gasteiger partial charge in [0.05, 0.1) is 6.61 Å². The molecule has 0 aromatic heterocycles. The SMILES string of the molecule is O=C(NCCc1ccccc1)Nc1ccc2c(c1)CCO2. The van der Waals surface area contributed by atoms with Gasteiger partial charge in [0, 0.05) is 18.7 Å². The lowest BCUT2D eigenvalue weighted by atomic mass is 10.1. The molecule has 0 fully saturated rings. The van der Waals surface area contributed by atoms with Crippen LogP contribution in [0, 0.1) is 0 Å². The van der Waals surface area contributed by atoms with Crippen LogP contribution in [0.2, 0.25) is 0 Å². The Balaban J connectivity index is 1.48. The van der Waals surface area contributed by atoms with E-state index in [2.05, 4.69) is 22.8 Å². The summed E-state index contributed by atoms with van der Waals surface area (Å²) in [4.78, 5) is 11.8. The van der Waals surface area contributed by atoms with E-state index in [-0.39, 0.29) is 6.03 Å². The molecule has 0 aliphatic carbocycles. The molecule has 0 radical (unpaired) electrons. The summed E-state index contributed by atoms with van der Waals surface area (Å²) in [5.74, 6) is 0.921. The summed E-state index contributed by atoms with van der Waals surface area (Å²) < 4.78 is 5.44. The second-order valence-electron chi connectivity index (χ2n) is 5.04. The molecule has 4 heteroatoms. The Morgan fingerprint density at radius 3 is 2.86 bits per heavy atom. The number of amides is 2. The van der Waals surface area contributed by atoms with Gasteiger partial charge in [-0.2, -0.15) is 0 Å². The lowest BCUT2D eigenvalue weighted by Gasteiger charge is -2.08. The fourth-order valence-corrected chi connectivity index (χ4v) is 2.40. The molecule has 3 rings (SSSR count). The highest BCUT2D eigenvalue weighted by atomic mass is 16.5. The lowest BCUT2D eigenvalue weighted by molar-refractivity contribution is 0.252. The molecule has 0 saturated heterocycles. The predicted octanol–water partition coefficient (Wildman–Crippen LogP) is 2.99. The number of nitrogens with one attached hydrogen (secondary N) is 2. The Labute approximate surface area is 124 Å². The maximum Gasteiger partial charge on any atom is 0.319 e. The van der Waals surface area contributed by atoms with Gasteiger partial charge >= 0.3 is 6.03 Å². The van der Waals surface area contributed by atoms with Gasteiger partial charge in [-0.15, -0.1) is 0 Å². The zero-order valence-electron chi connectivity index (χ0n) is 11.8. The van der Waals surface area contributed by atoms with Crippen molar-refractivity contribution >= 4 is 11.7 Å². The van der Waals surface area contributed by atoms with Gasteiger partial charge in [0.2, 0.25) is 0 Å². The molecule has 0 spiro atoms. The van der Waals surface area contributed by atoms with Crippen LogP contribution in [-0.4, -0.2) is 19.2 Å². The number of benzene rings is 2. The first-order valence-corrected chi connectivity index (χ1v) is 7.16. The average Bonchev–Trinajstić information content (AvgIpc) is 2.96. The van der Waals surface area contributed by atoms with Crippen molar-refractivity contribution < 1.29 is 9.53 Å². The second kappa shape index (κ2) is 6.31. The van der Waals surface area contributed by atoms with Crippen molar-refractivity contribution in [1.29, 1.82) is 0 Å². The Bertz CT molecular complexity index is 626. The van der Waals surface area contributed by atoms with Crippen LogP contribution in [0.3, 0.4) is 0 Å². The third kappa shape index (κ3) is 3.54. The van der Waals surface area contributed by atoms with Gasteiger partial charge in [0.1, 0.15) is 5.75 Å². The lowest BCUT2D eigenvalue weighted by Crippen LogP contribution is -2.30. The van der Waals surface area contributed by atoms with Crippen LogP contribution < -0.4 is 15.4 Å². The van der Waals surface area contributed by atoms with Crippen LogP contribution in [0.25, 0.3) is 0 Å². The molecule has 2 amide bonds. The van der Waals surface area contributed by atoms with Gasteiger partial charge < -0.3 is 15.4 Å².